The highest BCUT2D eigenvalue weighted by Crippen LogP contribution is 2.12. The van der Waals surface area contributed by atoms with Crippen LogP contribution in [0.25, 0.3) is 0 Å². The average molecular weight is 259 g/mol. The van der Waals surface area contributed by atoms with Gasteiger partial charge in [0, 0.05) is 37.4 Å². The van der Waals surface area contributed by atoms with Crippen molar-refractivity contribution in [1.29, 1.82) is 0 Å². The lowest BCUT2D eigenvalue weighted by molar-refractivity contribution is 0.0767. The number of rotatable bonds is 6. The molecule has 1 N–H and O–H groups in total. The number of carbonyl (C=O) groups excluding carboxylic acids is 1. The average Bonchev–Trinajstić information content (AvgIpc) is 2.40. The normalized spacial score (nSPS) is 11.5. The van der Waals surface area contributed by atoms with E-state index >= 15 is 0 Å². The van der Waals surface area contributed by atoms with Crippen LogP contribution in [-0.2, 0) is 0 Å². The molecule has 102 valence electrons. The van der Waals surface area contributed by atoms with Crippen LogP contribution in [-0.4, -0.2) is 34.9 Å². The zero-order chi connectivity index (χ0) is 14.3. The Labute approximate surface area is 115 Å². The third-order valence-corrected chi connectivity index (χ3v) is 2.87. The number of anilines is 1. The number of carbonyl (C=O) groups is 1. The van der Waals surface area contributed by atoms with Crippen molar-refractivity contribution in [1.82, 2.24) is 9.88 Å². The van der Waals surface area contributed by atoms with Gasteiger partial charge in [0.15, 0.2) is 0 Å². The Morgan fingerprint density at radius 2 is 2.21 bits per heavy atom. The minimum atomic E-state index is -0.0433. The number of nitrogens with zero attached hydrogens (tertiary/aromatic N) is 2. The molecule has 0 aromatic carbocycles. The van der Waals surface area contributed by atoms with Crippen molar-refractivity contribution in [2.24, 2.45) is 0 Å². The molecule has 0 aliphatic carbocycles. The van der Waals surface area contributed by atoms with E-state index in [9.17, 15) is 4.79 Å². The Bertz CT molecular complexity index is 461. The van der Waals surface area contributed by atoms with Crippen molar-refractivity contribution >= 4 is 11.6 Å². The molecule has 0 bridgehead atoms. The fourth-order valence-corrected chi connectivity index (χ4v) is 1.82. The maximum atomic E-state index is 12.2. The van der Waals surface area contributed by atoms with Gasteiger partial charge in [-0.15, -0.1) is 12.3 Å². The van der Waals surface area contributed by atoms with Gasteiger partial charge < -0.3 is 10.2 Å². The number of nitrogens with one attached hydrogen (secondary N) is 1. The predicted octanol–water partition coefficient (Wildman–Crippen LogP) is 2.39. The van der Waals surface area contributed by atoms with Crippen LogP contribution in [0.5, 0.6) is 0 Å². The summed E-state index contributed by atoms with van der Waals surface area (Å²) in [6.45, 7) is 7.29. The molecular formula is C15H21N3O. The third-order valence-electron chi connectivity index (χ3n) is 2.87. The van der Waals surface area contributed by atoms with E-state index in [1.165, 1.54) is 0 Å². The lowest BCUT2D eigenvalue weighted by Gasteiger charge is -2.19. The van der Waals surface area contributed by atoms with Gasteiger partial charge >= 0.3 is 0 Å². The maximum absolute atomic E-state index is 12.2. The number of pyridine rings is 1. The molecule has 1 heterocycles. The lowest BCUT2D eigenvalue weighted by Crippen LogP contribution is -2.31. The van der Waals surface area contributed by atoms with Crippen LogP contribution in [0.4, 0.5) is 5.69 Å². The molecule has 1 unspecified atom stereocenters. The molecule has 0 aliphatic rings. The topological polar surface area (TPSA) is 45.2 Å². The van der Waals surface area contributed by atoms with Gasteiger partial charge in [0.05, 0.1) is 0 Å². The quantitative estimate of drug-likeness (QED) is 0.798. The summed E-state index contributed by atoms with van der Waals surface area (Å²) < 4.78 is 0. The molecule has 1 rings (SSSR count). The molecule has 1 atom stereocenters. The van der Waals surface area contributed by atoms with Gasteiger partial charge in [-0.3, -0.25) is 9.78 Å². The molecule has 19 heavy (non-hydrogen) atoms. The largest absolute Gasteiger partial charge is 0.382 e. The molecule has 4 nitrogen and oxygen atoms in total. The SMILES string of the molecule is C#CCC(C)Nc1ccnc(C(=O)N(CC)CC)c1. The van der Waals surface area contributed by atoms with E-state index in [1.54, 1.807) is 17.2 Å². The summed E-state index contributed by atoms with van der Waals surface area (Å²) in [4.78, 5) is 18.1. The Morgan fingerprint density at radius 3 is 2.79 bits per heavy atom. The summed E-state index contributed by atoms with van der Waals surface area (Å²) in [7, 11) is 0. The van der Waals surface area contributed by atoms with E-state index in [-0.39, 0.29) is 11.9 Å². The van der Waals surface area contributed by atoms with Gasteiger partial charge in [-0.1, -0.05) is 0 Å². The van der Waals surface area contributed by atoms with Crippen LogP contribution in [0.15, 0.2) is 18.3 Å². The van der Waals surface area contributed by atoms with Crippen molar-refractivity contribution in [3.05, 3.63) is 24.0 Å². The Hall–Kier alpha value is -2.02. The van der Waals surface area contributed by atoms with E-state index in [1.807, 2.05) is 26.8 Å². The van der Waals surface area contributed by atoms with E-state index in [4.69, 9.17) is 6.42 Å². The first-order chi connectivity index (χ1) is 9.12. The van der Waals surface area contributed by atoms with Crippen LogP contribution in [0.3, 0.4) is 0 Å². The highest BCUT2D eigenvalue weighted by atomic mass is 16.2. The second kappa shape index (κ2) is 7.42. The van der Waals surface area contributed by atoms with E-state index < -0.39 is 0 Å². The predicted molar refractivity (Wildman–Crippen MR) is 78.0 cm³/mol. The molecule has 0 saturated heterocycles. The molecule has 4 heteroatoms. The highest BCUT2D eigenvalue weighted by Gasteiger charge is 2.14. The summed E-state index contributed by atoms with van der Waals surface area (Å²) in [6.07, 6.45) is 7.55. The number of amides is 1. The van der Waals surface area contributed by atoms with Gasteiger partial charge in [0.1, 0.15) is 5.69 Å². The Kier molecular flexibility index (Phi) is 5.87. The number of hydrogen-bond acceptors (Lipinski definition) is 3. The van der Waals surface area contributed by atoms with Crippen LogP contribution < -0.4 is 5.32 Å². The number of aromatic nitrogens is 1. The van der Waals surface area contributed by atoms with Crippen molar-refractivity contribution in [2.45, 2.75) is 33.2 Å². The van der Waals surface area contributed by atoms with Gasteiger partial charge in [-0.05, 0) is 32.9 Å². The smallest absolute Gasteiger partial charge is 0.272 e. The molecule has 1 aromatic heterocycles. The van der Waals surface area contributed by atoms with Crippen LogP contribution >= 0.6 is 0 Å². The molecule has 1 aromatic rings. The van der Waals surface area contributed by atoms with Gasteiger partial charge in [0.25, 0.3) is 5.91 Å². The zero-order valence-corrected chi connectivity index (χ0v) is 11.8. The van der Waals surface area contributed by atoms with Gasteiger partial charge in [-0.25, -0.2) is 0 Å². The summed E-state index contributed by atoms with van der Waals surface area (Å²) in [5.74, 6) is 2.57. The first-order valence-electron chi connectivity index (χ1n) is 6.57. The van der Waals surface area contributed by atoms with Crippen LogP contribution in [0.1, 0.15) is 37.7 Å². The van der Waals surface area contributed by atoms with Gasteiger partial charge in [-0.2, -0.15) is 0 Å². The summed E-state index contributed by atoms with van der Waals surface area (Å²) in [5, 5.41) is 3.26. The van der Waals surface area contributed by atoms with E-state index in [0.29, 0.717) is 25.2 Å². The van der Waals surface area contributed by atoms with Crippen molar-refractivity contribution in [2.75, 3.05) is 18.4 Å². The monoisotopic (exact) mass is 259 g/mol. The third kappa shape index (κ3) is 4.29. The minimum Gasteiger partial charge on any atom is -0.382 e. The van der Waals surface area contributed by atoms with Crippen molar-refractivity contribution in [3.8, 4) is 12.3 Å². The number of hydrogen-bond donors (Lipinski definition) is 1. The molecule has 1 amide bonds. The second-order valence-electron chi connectivity index (χ2n) is 4.36. The van der Waals surface area contributed by atoms with Crippen molar-refractivity contribution < 1.29 is 4.79 Å². The molecule has 0 spiro atoms. The zero-order valence-electron chi connectivity index (χ0n) is 11.8. The molecule has 0 aliphatic heterocycles. The second-order valence-corrected chi connectivity index (χ2v) is 4.36. The van der Waals surface area contributed by atoms with Gasteiger partial charge in [0.2, 0.25) is 0 Å². The Balaban J connectivity index is 2.82. The highest BCUT2D eigenvalue weighted by molar-refractivity contribution is 5.93. The maximum Gasteiger partial charge on any atom is 0.272 e. The number of terminal acetylenes is 1. The standard InChI is InChI=1S/C15H21N3O/c1-5-8-12(4)17-13-9-10-16-14(11-13)15(19)18(6-2)7-3/h1,9-12H,6-8H2,2-4H3,(H,16,17). The molecule has 0 fully saturated rings. The van der Waals surface area contributed by atoms with Crippen LogP contribution in [0.2, 0.25) is 0 Å². The summed E-state index contributed by atoms with van der Waals surface area (Å²) in [5.41, 5.74) is 1.33. The summed E-state index contributed by atoms with van der Waals surface area (Å²) >= 11 is 0. The first kappa shape index (κ1) is 15.0. The first-order valence-corrected chi connectivity index (χ1v) is 6.57. The van der Waals surface area contributed by atoms with E-state index in [2.05, 4.69) is 16.2 Å². The fourth-order valence-electron chi connectivity index (χ4n) is 1.82. The fraction of sp³-hybridized carbons (Fsp3) is 0.467. The van der Waals surface area contributed by atoms with E-state index in [0.717, 1.165) is 5.69 Å². The lowest BCUT2D eigenvalue weighted by atomic mass is 10.2. The van der Waals surface area contributed by atoms with Crippen molar-refractivity contribution in [3.63, 3.8) is 0 Å². The summed E-state index contributed by atoms with van der Waals surface area (Å²) in [6, 6.07) is 3.78. The Morgan fingerprint density at radius 1 is 1.53 bits per heavy atom. The van der Waals surface area contributed by atoms with Crippen LogP contribution in [0, 0.1) is 12.3 Å². The minimum absolute atomic E-state index is 0.0433. The molecular weight excluding hydrogens is 238 g/mol. The molecule has 0 saturated carbocycles. The molecule has 0 radical (unpaired) electrons.